The van der Waals surface area contributed by atoms with E-state index in [9.17, 15) is 20.2 Å². The van der Waals surface area contributed by atoms with Gasteiger partial charge in [-0.3, -0.25) is 20.2 Å². The molecule has 0 atom stereocenters. The highest BCUT2D eigenvalue weighted by atomic mass is 16.6. The normalized spacial score (nSPS) is 9.87. The molecule has 0 fully saturated rings. The third kappa shape index (κ3) is 13.0. The summed E-state index contributed by atoms with van der Waals surface area (Å²) in [6, 6.07) is 22.6. The zero-order chi connectivity index (χ0) is 28.0. The van der Waals surface area contributed by atoms with Gasteiger partial charge in [-0.15, -0.1) is 0 Å². The summed E-state index contributed by atoms with van der Waals surface area (Å²) >= 11 is 0. The van der Waals surface area contributed by atoms with Gasteiger partial charge < -0.3 is 9.47 Å². The molecule has 38 heavy (non-hydrogen) atoms. The van der Waals surface area contributed by atoms with Crippen molar-refractivity contribution in [3.05, 3.63) is 99.1 Å². The molecule has 3 aromatic carbocycles. The van der Waals surface area contributed by atoms with Crippen molar-refractivity contribution in [2.45, 2.75) is 59.3 Å². The van der Waals surface area contributed by atoms with E-state index in [-0.39, 0.29) is 16.3 Å². The molecule has 0 N–H and O–H groups in total. The number of benzene rings is 3. The van der Waals surface area contributed by atoms with Crippen molar-refractivity contribution in [2.75, 3.05) is 19.8 Å². The number of nitro groups is 2. The van der Waals surface area contributed by atoms with E-state index in [2.05, 4.69) is 6.92 Å². The summed E-state index contributed by atoms with van der Waals surface area (Å²) in [4.78, 5) is 20.8. The molecule has 0 aliphatic carbocycles. The molecule has 0 heterocycles. The van der Waals surface area contributed by atoms with E-state index in [0.717, 1.165) is 31.6 Å². The minimum Gasteiger partial charge on any atom is -0.487 e. The number of hydrogen-bond donors (Lipinski definition) is 0. The summed E-state index contributed by atoms with van der Waals surface area (Å²) in [6.45, 7) is 8.41. The van der Waals surface area contributed by atoms with E-state index in [0.29, 0.717) is 17.9 Å². The van der Waals surface area contributed by atoms with Crippen molar-refractivity contribution in [2.24, 2.45) is 0 Å². The third-order valence-electron chi connectivity index (χ3n) is 5.41. The largest absolute Gasteiger partial charge is 0.487 e. The molecule has 3 rings (SSSR count). The fraction of sp³-hybridized carbons (Fsp3) is 0.400. The van der Waals surface area contributed by atoms with Crippen LogP contribution in [-0.2, 0) is 4.74 Å². The van der Waals surface area contributed by atoms with Gasteiger partial charge in [-0.05, 0) is 38.0 Å². The lowest BCUT2D eigenvalue weighted by molar-refractivity contribution is -0.385. The van der Waals surface area contributed by atoms with Crippen LogP contribution in [0, 0.1) is 20.2 Å². The number of hydrogen-bond acceptors (Lipinski definition) is 6. The average Bonchev–Trinajstić information content (AvgIpc) is 2.94. The number of ether oxygens (including phenoxy) is 2. The Kier molecular flexibility index (Phi) is 17.2. The van der Waals surface area contributed by atoms with E-state index < -0.39 is 4.92 Å². The zero-order valence-electron chi connectivity index (χ0n) is 22.7. The van der Waals surface area contributed by atoms with E-state index in [4.69, 9.17) is 9.47 Å². The Morgan fingerprint density at radius 2 is 1.16 bits per heavy atom. The topological polar surface area (TPSA) is 105 Å². The van der Waals surface area contributed by atoms with Gasteiger partial charge in [0, 0.05) is 25.3 Å². The molecule has 0 aromatic heterocycles. The standard InChI is InChI=1S/C14H21NO3.C12H9NO2.C4H10O/c1-2-3-4-5-6-9-12-18-14-11-8-7-10-13(14)15(16)17;14-13(15)12-9-5-4-8-11(12)10-6-2-1-3-7-10;1-3-5-4-2/h7-8,10-11H,2-6,9,12H2,1H3;1-9H;3-4H2,1-2H3. The Morgan fingerprint density at radius 3 is 1.74 bits per heavy atom. The van der Waals surface area contributed by atoms with Gasteiger partial charge in [-0.1, -0.05) is 93.6 Å². The molecule has 0 aliphatic heterocycles. The highest BCUT2D eigenvalue weighted by Gasteiger charge is 2.13. The van der Waals surface area contributed by atoms with Crippen LogP contribution in [0.15, 0.2) is 78.9 Å². The first kappa shape index (κ1) is 32.2. The van der Waals surface area contributed by atoms with Crippen LogP contribution >= 0.6 is 0 Å². The van der Waals surface area contributed by atoms with Gasteiger partial charge in [0.1, 0.15) is 0 Å². The van der Waals surface area contributed by atoms with Crippen LogP contribution in [0.2, 0.25) is 0 Å². The molecule has 0 aliphatic rings. The molecule has 3 aromatic rings. The number of nitrogens with zero attached hydrogens (tertiary/aromatic N) is 2. The maximum Gasteiger partial charge on any atom is 0.310 e. The van der Waals surface area contributed by atoms with Crippen LogP contribution in [0.1, 0.15) is 59.3 Å². The first-order valence-electron chi connectivity index (χ1n) is 13.2. The second-order valence-corrected chi connectivity index (χ2v) is 8.26. The molecule has 0 saturated carbocycles. The van der Waals surface area contributed by atoms with Crippen LogP contribution in [0.4, 0.5) is 11.4 Å². The van der Waals surface area contributed by atoms with E-state index in [1.54, 1.807) is 36.4 Å². The summed E-state index contributed by atoms with van der Waals surface area (Å²) in [6.07, 6.45) is 7.09. The fourth-order valence-electron chi connectivity index (χ4n) is 3.49. The molecule has 0 bridgehead atoms. The zero-order valence-corrected chi connectivity index (χ0v) is 22.7. The molecular weight excluding hydrogens is 484 g/mol. The Bertz CT molecular complexity index is 1060. The van der Waals surface area contributed by atoms with Gasteiger partial charge in [-0.2, -0.15) is 0 Å². The van der Waals surface area contributed by atoms with Crippen molar-refractivity contribution in [1.82, 2.24) is 0 Å². The van der Waals surface area contributed by atoms with Crippen molar-refractivity contribution < 1.29 is 19.3 Å². The molecule has 8 nitrogen and oxygen atoms in total. The van der Waals surface area contributed by atoms with Gasteiger partial charge in [-0.25, -0.2) is 0 Å². The number of rotatable bonds is 13. The highest BCUT2D eigenvalue weighted by molar-refractivity contribution is 5.73. The van der Waals surface area contributed by atoms with Crippen LogP contribution in [-0.4, -0.2) is 29.7 Å². The quantitative estimate of drug-likeness (QED) is 0.126. The Hall–Kier alpha value is -3.78. The lowest BCUT2D eigenvalue weighted by atomic mass is 10.0. The summed E-state index contributed by atoms with van der Waals surface area (Å²) in [7, 11) is 0. The first-order valence-corrected chi connectivity index (χ1v) is 13.2. The minimum absolute atomic E-state index is 0.0449. The molecule has 0 amide bonds. The monoisotopic (exact) mass is 524 g/mol. The average molecular weight is 525 g/mol. The maximum absolute atomic E-state index is 10.8. The lowest BCUT2D eigenvalue weighted by Crippen LogP contribution is -2.00. The van der Waals surface area contributed by atoms with Gasteiger partial charge in [0.05, 0.1) is 22.0 Å². The minimum atomic E-state index is -0.406. The van der Waals surface area contributed by atoms with Gasteiger partial charge in [0.25, 0.3) is 5.69 Å². The van der Waals surface area contributed by atoms with Crippen molar-refractivity contribution >= 4 is 11.4 Å². The summed E-state index contributed by atoms with van der Waals surface area (Å²) in [5, 5.41) is 21.6. The highest BCUT2D eigenvalue weighted by Crippen LogP contribution is 2.29. The fourth-order valence-corrected chi connectivity index (χ4v) is 3.49. The Balaban J connectivity index is 0.000000326. The second kappa shape index (κ2) is 20.3. The van der Waals surface area contributed by atoms with Gasteiger partial charge >= 0.3 is 5.69 Å². The SMILES string of the molecule is CCCCCCCCOc1ccccc1[N+](=O)[O-].CCOCC.O=[N+]([O-])c1ccccc1-c1ccccc1. The molecule has 8 heteroatoms. The number of unbranched alkanes of at least 4 members (excludes halogenated alkanes) is 5. The van der Waals surface area contributed by atoms with E-state index in [1.807, 2.05) is 44.2 Å². The Morgan fingerprint density at radius 1 is 0.632 bits per heavy atom. The van der Waals surface area contributed by atoms with Crippen molar-refractivity contribution in [3.63, 3.8) is 0 Å². The Labute approximate surface area is 225 Å². The number of para-hydroxylation sites is 3. The molecule has 0 saturated heterocycles. The predicted octanol–water partition coefficient (Wildman–Crippen LogP) is 8.64. The molecule has 0 unspecified atom stereocenters. The lowest BCUT2D eigenvalue weighted by Gasteiger charge is -2.06. The first-order chi connectivity index (χ1) is 18.5. The van der Waals surface area contributed by atoms with Crippen molar-refractivity contribution in [3.8, 4) is 16.9 Å². The molecule has 0 radical (unpaired) electrons. The van der Waals surface area contributed by atoms with E-state index >= 15 is 0 Å². The van der Waals surface area contributed by atoms with Crippen LogP contribution < -0.4 is 4.74 Å². The van der Waals surface area contributed by atoms with E-state index in [1.165, 1.54) is 37.8 Å². The van der Waals surface area contributed by atoms with Crippen molar-refractivity contribution in [1.29, 1.82) is 0 Å². The van der Waals surface area contributed by atoms with Gasteiger partial charge in [0.2, 0.25) is 0 Å². The second-order valence-electron chi connectivity index (χ2n) is 8.26. The summed E-state index contributed by atoms with van der Waals surface area (Å²) in [5.74, 6) is 0.371. The molecule has 0 spiro atoms. The molecular formula is C30H40N2O6. The summed E-state index contributed by atoms with van der Waals surface area (Å²) < 4.78 is 10.3. The van der Waals surface area contributed by atoms with Crippen LogP contribution in [0.5, 0.6) is 5.75 Å². The van der Waals surface area contributed by atoms with Gasteiger partial charge in [0.15, 0.2) is 5.75 Å². The third-order valence-corrected chi connectivity index (χ3v) is 5.41. The van der Waals surface area contributed by atoms with Crippen LogP contribution in [0.25, 0.3) is 11.1 Å². The summed E-state index contributed by atoms with van der Waals surface area (Å²) in [5.41, 5.74) is 1.71. The van der Waals surface area contributed by atoms with Crippen LogP contribution in [0.3, 0.4) is 0 Å². The predicted molar refractivity (Wildman–Crippen MR) is 153 cm³/mol. The number of nitro benzene ring substituents is 2. The molecule has 206 valence electrons. The smallest absolute Gasteiger partial charge is 0.310 e. The maximum atomic E-state index is 10.8.